The van der Waals surface area contributed by atoms with Gasteiger partial charge < -0.3 is 4.74 Å². The van der Waals surface area contributed by atoms with Crippen molar-refractivity contribution in [2.24, 2.45) is 0 Å². The van der Waals surface area contributed by atoms with Crippen molar-refractivity contribution in [3.8, 4) is 0 Å². The van der Waals surface area contributed by atoms with Crippen molar-refractivity contribution in [3.63, 3.8) is 0 Å². The van der Waals surface area contributed by atoms with Crippen LogP contribution >= 0.6 is 12.2 Å². The first-order valence-corrected chi connectivity index (χ1v) is 9.59. The molecule has 0 N–H and O–H groups in total. The molecule has 2 atom stereocenters. The predicted octanol–water partition coefficient (Wildman–Crippen LogP) is 3.41. The zero-order chi connectivity index (χ0) is 17.4. The lowest BCUT2D eigenvalue weighted by atomic mass is 10.2. The summed E-state index contributed by atoms with van der Waals surface area (Å²) in [4.78, 5) is 2.42. The van der Waals surface area contributed by atoms with E-state index in [9.17, 15) is 0 Å². The van der Waals surface area contributed by atoms with Crippen LogP contribution in [0.3, 0.4) is 0 Å². The first-order valence-electron chi connectivity index (χ1n) is 9.19. The Morgan fingerprint density at radius 2 is 1.96 bits per heavy atom. The molecule has 1 aliphatic carbocycles. The standard InChI is InChI=1S/C19H26N4OS/c1-14-12-24-15(2)10-21(14)13-23-19(25)22(18(20-23)17-8-9-17)11-16-6-4-3-5-7-16/h3-7,14-15,17H,8-13H2,1-2H3. The molecule has 0 radical (unpaired) electrons. The number of rotatable bonds is 5. The fourth-order valence-electron chi connectivity index (χ4n) is 3.45. The molecule has 6 heteroatoms. The third kappa shape index (κ3) is 3.71. The van der Waals surface area contributed by atoms with Crippen LogP contribution in [0.25, 0.3) is 0 Å². The molecule has 1 saturated carbocycles. The van der Waals surface area contributed by atoms with E-state index in [0.717, 1.165) is 37.0 Å². The van der Waals surface area contributed by atoms with Crippen LogP contribution in [0, 0.1) is 4.77 Å². The summed E-state index contributed by atoms with van der Waals surface area (Å²) in [6, 6.07) is 10.9. The summed E-state index contributed by atoms with van der Waals surface area (Å²) >= 11 is 5.80. The molecule has 1 saturated heterocycles. The Hall–Kier alpha value is -1.50. The molecule has 25 heavy (non-hydrogen) atoms. The van der Waals surface area contributed by atoms with Gasteiger partial charge in [0, 0.05) is 18.5 Å². The minimum absolute atomic E-state index is 0.264. The molecular formula is C19H26N4OS. The Kier molecular flexibility index (Phi) is 4.75. The van der Waals surface area contributed by atoms with E-state index in [4.69, 9.17) is 22.1 Å². The second-order valence-electron chi connectivity index (χ2n) is 7.39. The monoisotopic (exact) mass is 358 g/mol. The maximum atomic E-state index is 5.80. The second-order valence-corrected chi connectivity index (χ2v) is 7.76. The van der Waals surface area contributed by atoms with E-state index in [1.807, 2.05) is 4.68 Å². The SMILES string of the molecule is CC1CN(Cn2nc(C3CC3)n(Cc3ccccc3)c2=S)C(C)CO1. The van der Waals surface area contributed by atoms with E-state index in [-0.39, 0.29) is 6.10 Å². The average Bonchev–Trinajstić information content (AvgIpc) is 3.41. The van der Waals surface area contributed by atoms with E-state index in [2.05, 4.69) is 53.6 Å². The van der Waals surface area contributed by atoms with Crippen LogP contribution in [-0.2, 0) is 18.0 Å². The molecule has 4 rings (SSSR count). The Balaban J connectivity index is 1.60. The maximum Gasteiger partial charge on any atom is 0.199 e. The van der Waals surface area contributed by atoms with E-state index in [0.29, 0.717) is 12.0 Å². The fourth-order valence-corrected chi connectivity index (χ4v) is 3.71. The molecule has 0 bridgehead atoms. The summed E-state index contributed by atoms with van der Waals surface area (Å²) in [5.74, 6) is 1.73. The van der Waals surface area contributed by atoms with E-state index in [1.165, 1.54) is 18.4 Å². The van der Waals surface area contributed by atoms with Crippen molar-refractivity contribution in [2.75, 3.05) is 13.2 Å². The van der Waals surface area contributed by atoms with E-state index >= 15 is 0 Å². The largest absolute Gasteiger partial charge is 0.376 e. The smallest absolute Gasteiger partial charge is 0.199 e. The topological polar surface area (TPSA) is 35.2 Å². The van der Waals surface area contributed by atoms with E-state index < -0.39 is 0 Å². The second kappa shape index (κ2) is 7.02. The summed E-state index contributed by atoms with van der Waals surface area (Å²) in [6.07, 6.45) is 2.72. The van der Waals surface area contributed by atoms with Gasteiger partial charge in [-0.05, 0) is 44.5 Å². The lowest BCUT2D eigenvalue weighted by Crippen LogP contribution is -2.47. The lowest BCUT2D eigenvalue weighted by Gasteiger charge is -2.36. The zero-order valence-corrected chi connectivity index (χ0v) is 15.8. The molecule has 0 amide bonds. The highest BCUT2D eigenvalue weighted by Crippen LogP contribution is 2.39. The Bertz CT molecular complexity index is 780. The minimum atomic E-state index is 0.264. The normalized spacial score (nSPS) is 24.6. The van der Waals surface area contributed by atoms with Crippen LogP contribution in [0.4, 0.5) is 0 Å². The number of nitrogens with zero attached hydrogens (tertiary/aromatic N) is 4. The molecular weight excluding hydrogens is 332 g/mol. The quantitative estimate of drug-likeness (QED) is 0.768. The van der Waals surface area contributed by atoms with Crippen molar-refractivity contribution in [2.45, 2.75) is 58.0 Å². The predicted molar refractivity (Wildman–Crippen MR) is 100 cm³/mol. The van der Waals surface area contributed by atoms with Gasteiger partial charge in [-0.1, -0.05) is 30.3 Å². The number of hydrogen-bond acceptors (Lipinski definition) is 4. The average molecular weight is 359 g/mol. The number of benzene rings is 1. The molecule has 1 aromatic heterocycles. The highest BCUT2D eigenvalue weighted by Gasteiger charge is 2.31. The van der Waals surface area contributed by atoms with Crippen LogP contribution in [0.15, 0.2) is 30.3 Å². The van der Waals surface area contributed by atoms with Gasteiger partial charge >= 0.3 is 0 Å². The van der Waals surface area contributed by atoms with Crippen molar-refractivity contribution in [3.05, 3.63) is 46.5 Å². The molecule has 134 valence electrons. The maximum absolute atomic E-state index is 5.80. The van der Waals surface area contributed by atoms with Gasteiger partial charge in [0.05, 0.1) is 25.9 Å². The van der Waals surface area contributed by atoms with Gasteiger partial charge in [0.1, 0.15) is 5.82 Å². The van der Waals surface area contributed by atoms with Gasteiger partial charge in [-0.3, -0.25) is 9.47 Å². The van der Waals surface area contributed by atoms with Gasteiger partial charge in [-0.15, -0.1) is 0 Å². The molecule has 2 heterocycles. The fraction of sp³-hybridized carbons (Fsp3) is 0.579. The summed E-state index contributed by atoms with van der Waals surface area (Å²) in [7, 11) is 0. The molecule has 1 aliphatic heterocycles. The highest BCUT2D eigenvalue weighted by molar-refractivity contribution is 7.71. The Morgan fingerprint density at radius 1 is 1.20 bits per heavy atom. The van der Waals surface area contributed by atoms with Gasteiger partial charge in [0.15, 0.2) is 4.77 Å². The van der Waals surface area contributed by atoms with Gasteiger partial charge in [0.25, 0.3) is 0 Å². The molecule has 2 fully saturated rings. The summed E-state index contributed by atoms with van der Waals surface area (Å²) in [6.45, 7) is 7.58. The molecule has 2 unspecified atom stereocenters. The highest BCUT2D eigenvalue weighted by atomic mass is 32.1. The third-order valence-electron chi connectivity index (χ3n) is 5.13. The summed E-state index contributed by atoms with van der Waals surface area (Å²) < 4.78 is 10.8. The molecule has 5 nitrogen and oxygen atoms in total. The number of morpholine rings is 1. The van der Waals surface area contributed by atoms with Crippen LogP contribution in [0.2, 0.25) is 0 Å². The molecule has 1 aromatic carbocycles. The number of hydrogen-bond donors (Lipinski definition) is 0. The van der Waals surface area contributed by atoms with Crippen LogP contribution < -0.4 is 0 Å². The van der Waals surface area contributed by atoms with Crippen molar-refractivity contribution in [1.82, 2.24) is 19.2 Å². The van der Waals surface area contributed by atoms with Gasteiger partial charge in [-0.25, -0.2) is 4.68 Å². The van der Waals surface area contributed by atoms with Crippen LogP contribution in [-0.4, -0.2) is 44.5 Å². The molecule has 0 spiro atoms. The first-order chi connectivity index (χ1) is 12.1. The van der Waals surface area contributed by atoms with Gasteiger partial charge in [0.2, 0.25) is 0 Å². The number of aromatic nitrogens is 3. The Labute approximate surface area is 154 Å². The molecule has 2 aromatic rings. The van der Waals surface area contributed by atoms with Crippen molar-refractivity contribution in [1.29, 1.82) is 0 Å². The van der Waals surface area contributed by atoms with E-state index in [1.54, 1.807) is 0 Å². The zero-order valence-electron chi connectivity index (χ0n) is 15.0. The van der Waals surface area contributed by atoms with Crippen molar-refractivity contribution < 1.29 is 4.74 Å². The minimum Gasteiger partial charge on any atom is -0.376 e. The van der Waals surface area contributed by atoms with Crippen molar-refractivity contribution >= 4 is 12.2 Å². The Morgan fingerprint density at radius 3 is 2.68 bits per heavy atom. The first kappa shape index (κ1) is 16.9. The number of ether oxygens (including phenoxy) is 1. The third-order valence-corrected chi connectivity index (χ3v) is 5.56. The summed E-state index contributed by atoms with van der Waals surface area (Å²) in [5.41, 5.74) is 1.27. The van der Waals surface area contributed by atoms with Crippen LogP contribution in [0.5, 0.6) is 0 Å². The summed E-state index contributed by atoms with van der Waals surface area (Å²) in [5, 5.41) is 4.91. The molecule has 2 aliphatic rings. The van der Waals surface area contributed by atoms with Gasteiger partial charge in [-0.2, -0.15) is 5.10 Å². The lowest BCUT2D eigenvalue weighted by molar-refractivity contribution is -0.0625. The van der Waals surface area contributed by atoms with Crippen LogP contribution in [0.1, 0.15) is 44.0 Å².